The van der Waals surface area contributed by atoms with Gasteiger partial charge in [0, 0.05) is 7.05 Å². The summed E-state index contributed by atoms with van der Waals surface area (Å²) in [6, 6.07) is 7.55. The smallest absolute Gasteiger partial charge is 0.280 e. The molecule has 0 amide bonds. The molecule has 0 saturated carbocycles. The Morgan fingerprint density at radius 2 is 2.24 bits per heavy atom. The molecule has 7 heteroatoms. The second-order valence-corrected chi connectivity index (χ2v) is 5.09. The van der Waals surface area contributed by atoms with Crippen LogP contribution in [-0.4, -0.2) is 26.4 Å². The van der Waals surface area contributed by atoms with Gasteiger partial charge >= 0.3 is 0 Å². The molecule has 0 aliphatic rings. The van der Waals surface area contributed by atoms with E-state index < -0.39 is 0 Å². The molecule has 3 aromatic rings. The first kappa shape index (κ1) is 13.6. The third kappa shape index (κ3) is 2.36. The molecule has 21 heavy (non-hydrogen) atoms. The lowest BCUT2D eigenvalue weighted by Gasteiger charge is -2.08. The van der Waals surface area contributed by atoms with Gasteiger partial charge in [-0.05, 0) is 29.9 Å². The van der Waals surface area contributed by atoms with E-state index in [0.717, 1.165) is 11.3 Å². The van der Waals surface area contributed by atoms with Crippen LogP contribution in [0.1, 0.15) is 5.56 Å². The molecule has 0 unspecified atom stereocenters. The van der Waals surface area contributed by atoms with Crippen molar-refractivity contribution in [3.63, 3.8) is 0 Å². The second kappa shape index (κ2) is 5.17. The molecule has 3 rings (SSSR count). The van der Waals surface area contributed by atoms with Gasteiger partial charge < -0.3 is 9.72 Å². The average Bonchev–Trinajstić information content (AvgIpc) is 2.85. The largest absolute Gasteiger partial charge is 0.497 e. The highest BCUT2D eigenvalue weighted by atomic mass is 32.1. The van der Waals surface area contributed by atoms with Gasteiger partial charge in [0.25, 0.3) is 5.56 Å². The molecular formula is C14H14N4O2S. The molecule has 0 aliphatic heterocycles. The predicted molar refractivity (Wildman–Crippen MR) is 82.3 cm³/mol. The zero-order valence-corrected chi connectivity index (χ0v) is 12.5. The van der Waals surface area contributed by atoms with Crippen LogP contribution in [0.5, 0.6) is 5.75 Å². The van der Waals surface area contributed by atoms with Gasteiger partial charge in [-0.3, -0.25) is 14.0 Å². The topological polar surface area (TPSA) is 64.8 Å². The SMILES string of the molecule is COc1cccc(Cn2c(=S)[nH]c3cnn(C)c3c2=O)c1. The van der Waals surface area contributed by atoms with Crippen molar-refractivity contribution in [3.8, 4) is 5.75 Å². The van der Waals surface area contributed by atoms with E-state index in [1.807, 2.05) is 24.3 Å². The van der Waals surface area contributed by atoms with Crippen LogP contribution >= 0.6 is 12.2 Å². The van der Waals surface area contributed by atoms with Crippen molar-refractivity contribution >= 4 is 23.3 Å². The van der Waals surface area contributed by atoms with Crippen molar-refractivity contribution in [1.29, 1.82) is 0 Å². The monoisotopic (exact) mass is 302 g/mol. The number of hydrogen-bond acceptors (Lipinski definition) is 4. The number of rotatable bonds is 3. The number of aromatic nitrogens is 4. The van der Waals surface area contributed by atoms with Crippen molar-refractivity contribution < 1.29 is 4.74 Å². The Morgan fingerprint density at radius 3 is 3.00 bits per heavy atom. The number of aryl methyl sites for hydroxylation is 1. The number of nitrogens with one attached hydrogen (secondary N) is 1. The van der Waals surface area contributed by atoms with E-state index in [0.29, 0.717) is 22.3 Å². The van der Waals surface area contributed by atoms with Gasteiger partial charge in [0.05, 0.1) is 25.4 Å². The molecule has 0 atom stereocenters. The maximum Gasteiger partial charge on any atom is 0.280 e. The lowest BCUT2D eigenvalue weighted by atomic mass is 10.2. The fourth-order valence-corrected chi connectivity index (χ4v) is 2.54. The van der Waals surface area contributed by atoms with Crippen LogP contribution in [0.15, 0.2) is 35.3 Å². The molecule has 1 aromatic carbocycles. The summed E-state index contributed by atoms with van der Waals surface area (Å²) >= 11 is 5.28. The van der Waals surface area contributed by atoms with Crippen LogP contribution in [0, 0.1) is 4.77 Å². The molecule has 108 valence electrons. The van der Waals surface area contributed by atoms with Crippen LogP contribution in [0.25, 0.3) is 11.0 Å². The third-order valence-electron chi connectivity index (χ3n) is 3.35. The molecule has 1 N–H and O–H groups in total. The van der Waals surface area contributed by atoms with Crippen LogP contribution in [0.2, 0.25) is 0 Å². The fourth-order valence-electron chi connectivity index (χ4n) is 2.28. The molecule has 0 radical (unpaired) electrons. The number of ether oxygens (including phenoxy) is 1. The summed E-state index contributed by atoms with van der Waals surface area (Å²) < 4.78 is 8.64. The standard InChI is InChI=1S/C14H14N4O2S/c1-17-12-11(7-15-17)16-14(21)18(13(12)19)8-9-4-3-5-10(6-9)20-2/h3-7H,8H2,1-2H3,(H,16,21). The minimum atomic E-state index is -0.156. The first-order valence-electron chi connectivity index (χ1n) is 6.38. The Hall–Kier alpha value is -2.41. The maximum atomic E-state index is 12.6. The molecular weight excluding hydrogens is 288 g/mol. The minimum Gasteiger partial charge on any atom is -0.497 e. The number of benzene rings is 1. The minimum absolute atomic E-state index is 0.156. The van der Waals surface area contributed by atoms with Gasteiger partial charge in [0.1, 0.15) is 11.3 Å². The molecule has 0 spiro atoms. The van der Waals surface area contributed by atoms with Gasteiger partial charge in [0.15, 0.2) is 4.77 Å². The summed E-state index contributed by atoms with van der Waals surface area (Å²) in [5.74, 6) is 0.747. The number of hydrogen-bond donors (Lipinski definition) is 1. The van der Waals surface area contributed by atoms with Crippen molar-refractivity contribution in [1.82, 2.24) is 19.3 Å². The molecule has 0 saturated heterocycles. The molecule has 0 aliphatic carbocycles. The molecule has 0 fully saturated rings. The van der Waals surface area contributed by atoms with Gasteiger partial charge in [-0.15, -0.1) is 0 Å². The predicted octanol–water partition coefficient (Wildman–Crippen LogP) is 1.85. The number of fused-ring (bicyclic) bond motifs is 1. The summed E-state index contributed by atoms with van der Waals surface area (Å²) in [6.45, 7) is 0.381. The Labute approximate surface area is 125 Å². The van der Waals surface area contributed by atoms with Gasteiger partial charge in [-0.25, -0.2) is 0 Å². The zero-order valence-electron chi connectivity index (χ0n) is 11.7. The first-order chi connectivity index (χ1) is 10.1. The van der Waals surface area contributed by atoms with Crippen LogP contribution in [-0.2, 0) is 13.6 Å². The summed E-state index contributed by atoms with van der Waals surface area (Å²) in [6.07, 6.45) is 1.60. The highest BCUT2D eigenvalue weighted by Crippen LogP contribution is 2.14. The van der Waals surface area contributed by atoms with E-state index in [-0.39, 0.29) is 5.56 Å². The number of nitrogens with zero attached hydrogens (tertiary/aromatic N) is 3. The van der Waals surface area contributed by atoms with Crippen molar-refractivity contribution in [2.75, 3.05) is 7.11 Å². The molecule has 2 aromatic heterocycles. The molecule has 2 heterocycles. The average molecular weight is 302 g/mol. The van der Waals surface area contributed by atoms with E-state index in [1.54, 1.807) is 25.0 Å². The first-order valence-corrected chi connectivity index (χ1v) is 6.78. The fraction of sp³-hybridized carbons (Fsp3) is 0.214. The Balaban J connectivity index is 2.14. The maximum absolute atomic E-state index is 12.6. The summed E-state index contributed by atoms with van der Waals surface area (Å²) in [7, 11) is 3.34. The van der Waals surface area contributed by atoms with Gasteiger partial charge in [0.2, 0.25) is 0 Å². The molecule has 6 nitrogen and oxygen atoms in total. The van der Waals surface area contributed by atoms with E-state index >= 15 is 0 Å². The van der Waals surface area contributed by atoms with Crippen molar-refractivity contribution in [2.45, 2.75) is 6.54 Å². The van der Waals surface area contributed by atoms with Crippen LogP contribution < -0.4 is 10.3 Å². The van der Waals surface area contributed by atoms with E-state index in [1.165, 1.54) is 4.57 Å². The van der Waals surface area contributed by atoms with Gasteiger partial charge in [-0.2, -0.15) is 5.10 Å². The zero-order chi connectivity index (χ0) is 15.0. The Kier molecular flexibility index (Phi) is 3.34. The second-order valence-electron chi connectivity index (χ2n) is 4.70. The highest BCUT2D eigenvalue weighted by Gasteiger charge is 2.10. The van der Waals surface area contributed by atoms with Crippen LogP contribution in [0.4, 0.5) is 0 Å². The van der Waals surface area contributed by atoms with E-state index in [4.69, 9.17) is 17.0 Å². The van der Waals surface area contributed by atoms with E-state index in [9.17, 15) is 4.79 Å². The quantitative estimate of drug-likeness (QED) is 0.750. The lowest BCUT2D eigenvalue weighted by Crippen LogP contribution is -2.24. The highest BCUT2D eigenvalue weighted by molar-refractivity contribution is 7.71. The number of H-pyrrole nitrogens is 1. The number of aromatic amines is 1. The van der Waals surface area contributed by atoms with Crippen LogP contribution in [0.3, 0.4) is 0 Å². The summed E-state index contributed by atoms with van der Waals surface area (Å²) in [5, 5.41) is 4.08. The Morgan fingerprint density at radius 1 is 1.43 bits per heavy atom. The summed E-state index contributed by atoms with van der Waals surface area (Å²) in [4.78, 5) is 15.6. The van der Waals surface area contributed by atoms with Crippen molar-refractivity contribution in [2.24, 2.45) is 7.05 Å². The van der Waals surface area contributed by atoms with E-state index in [2.05, 4.69) is 10.1 Å². The summed E-state index contributed by atoms with van der Waals surface area (Å²) in [5.41, 5.74) is 1.94. The third-order valence-corrected chi connectivity index (χ3v) is 3.67. The molecule has 0 bridgehead atoms. The van der Waals surface area contributed by atoms with Gasteiger partial charge in [-0.1, -0.05) is 12.1 Å². The Bertz CT molecular complexity index is 923. The normalized spacial score (nSPS) is 11.0. The number of methoxy groups -OCH3 is 1. The van der Waals surface area contributed by atoms with Crippen molar-refractivity contribution in [3.05, 3.63) is 51.2 Å². The lowest BCUT2D eigenvalue weighted by molar-refractivity contribution is 0.414.